The van der Waals surface area contributed by atoms with Crippen LogP contribution in [-0.4, -0.2) is 117 Å². The fourth-order valence-corrected chi connectivity index (χ4v) is 3.82. The zero-order chi connectivity index (χ0) is 33.6. The SMILES string of the molecule is CC(C)[C@H](NC(=O)[C@H](CC(=O)O)NC(=O)[C@@H](N)CCC(=O)O)C(=O)N[C@H](C(=O)N(C)CC(=O)N[C@@H](CS)C(=O)O)C(C)C. The molecule has 0 fully saturated rings. The van der Waals surface area contributed by atoms with Gasteiger partial charge >= 0.3 is 17.9 Å². The van der Waals surface area contributed by atoms with E-state index in [0.717, 1.165) is 4.90 Å². The summed E-state index contributed by atoms with van der Waals surface area (Å²) in [4.78, 5) is 98.2. The van der Waals surface area contributed by atoms with Crippen molar-refractivity contribution < 1.29 is 53.7 Å². The van der Waals surface area contributed by atoms with Crippen LogP contribution in [0.25, 0.3) is 0 Å². The molecule has 0 bridgehead atoms. The smallest absolute Gasteiger partial charge is 0.327 e. The molecular formula is C25H42N6O11S. The van der Waals surface area contributed by atoms with Gasteiger partial charge in [-0.2, -0.15) is 12.6 Å². The molecule has 0 radical (unpaired) electrons. The van der Waals surface area contributed by atoms with E-state index in [2.05, 4.69) is 33.9 Å². The summed E-state index contributed by atoms with van der Waals surface area (Å²) in [7, 11) is 1.28. The van der Waals surface area contributed by atoms with Crippen molar-refractivity contribution in [3.05, 3.63) is 0 Å². The van der Waals surface area contributed by atoms with Crippen molar-refractivity contribution in [1.82, 2.24) is 26.2 Å². The molecule has 0 rings (SSSR count). The predicted molar refractivity (Wildman–Crippen MR) is 154 cm³/mol. The van der Waals surface area contributed by atoms with Crippen molar-refractivity contribution in [2.45, 2.75) is 77.2 Å². The number of carboxylic acids is 3. The lowest BCUT2D eigenvalue weighted by Crippen LogP contribution is -2.60. The highest BCUT2D eigenvalue weighted by Crippen LogP contribution is 2.10. The third kappa shape index (κ3) is 14.2. The van der Waals surface area contributed by atoms with Gasteiger partial charge in [-0.25, -0.2) is 4.79 Å². The number of amides is 5. The van der Waals surface area contributed by atoms with Crippen molar-refractivity contribution in [3.63, 3.8) is 0 Å². The average molecular weight is 635 g/mol. The third-order valence-corrected chi connectivity index (χ3v) is 6.43. The molecule has 0 aromatic rings. The number of hydrogen-bond donors (Lipinski definition) is 9. The van der Waals surface area contributed by atoms with Crippen LogP contribution in [0.4, 0.5) is 0 Å². The predicted octanol–water partition coefficient (Wildman–Crippen LogP) is -2.62. The number of likely N-dealkylation sites (N-methyl/N-ethyl adjacent to an activating group) is 1. The van der Waals surface area contributed by atoms with Crippen LogP contribution in [0.15, 0.2) is 0 Å². The number of carbonyl (C=O) groups excluding carboxylic acids is 5. The molecular weight excluding hydrogens is 592 g/mol. The van der Waals surface area contributed by atoms with Crippen LogP contribution in [0.1, 0.15) is 47.0 Å². The number of carboxylic acid groups (broad SMARTS) is 3. The summed E-state index contributed by atoms with van der Waals surface area (Å²) in [5, 5.41) is 36.4. The molecule has 0 spiro atoms. The number of thiol groups is 1. The van der Waals surface area contributed by atoms with Gasteiger partial charge in [0.05, 0.1) is 19.0 Å². The third-order valence-electron chi connectivity index (χ3n) is 6.07. The number of nitrogens with two attached hydrogens (primary N) is 1. The van der Waals surface area contributed by atoms with Gasteiger partial charge in [-0.15, -0.1) is 0 Å². The summed E-state index contributed by atoms with van der Waals surface area (Å²) < 4.78 is 0. The van der Waals surface area contributed by atoms with Crippen molar-refractivity contribution in [1.29, 1.82) is 0 Å². The van der Waals surface area contributed by atoms with Gasteiger partial charge in [0.25, 0.3) is 0 Å². The number of nitrogens with zero attached hydrogens (tertiary/aromatic N) is 1. The second-order valence-electron chi connectivity index (χ2n) is 10.5. The molecule has 0 aliphatic carbocycles. The first kappa shape index (κ1) is 39.1. The topological polar surface area (TPSA) is 275 Å². The second-order valence-corrected chi connectivity index (χ2v) is 10.9. The standard InChI is InChI=1S/C25H42N6O11S/c1-11(2)19(29-22(38)14(8-18(35)36)28-21(37)13(26)6-7-17(33)34)23(39)30-20(12(3)4)24(40)31(5)9-16(32)27-15(10-43)25(41)42/h11-15,19-20,43H,6-10,26H2,1-5H3,(H,27,32)(H,28,37)(H,29,38)(H,30,39)(H,33,34)(H,35,36)(H,41,42)/t13-,14-,15-,19-,20-/m0/s1. The Morgan fingerprint density at radius 3 is 1.72 bits per heavy atom. The lowest BCUT2D eigenvalue weighted by Gasteiger charge is -2.30. The van der Waals surface area contributed by atoms with Gasteiger partial charge in [0.1, 0.15) is 24.2 Å². The van der Waals surface area contributed by atoms with E-state index in [4.69, 9.17) is 15.9 Å². The highest BCUT2D eigenvalue weighted by Gasteiger charge is 2.35. The van der Waals surface area contributed by atoms with E-state index in [-0.39, 0.29) is 12.2 Å². The van der Waals surface area contributed by atoms with Gasteiger partial charge < -0.3 is 47.2 Å². The minimum atomic E-state index is -1.66. The van der Waals surface area contributed by atoms with Crippen LogP contribution in [0, 0.1) is 11.8 Å². The lowest BCUT2D eigenvalue weighted by molar-refractivity contribution is -0.143. The second kappa shape index (κ2) is 18.6. The minimum absolute atomic E-state index is 0.180. The summed E-state index contributed by atoms with van der Waals surface area (Å²) in [6, 6.07) is -6.74. The van der Waals surface area contributed by atoms with Crippen molar-refractivity contribution in [2.24, 2.45) is 17.6 Å². The van der Waals surface area contributed by atoms with E-state index in [1.165, 1.54) is 7.05 Å². The lowest BCUT2D eigenvalue weighted by atomic mass is 9.98. The molecule has 0 unspecified atom stereocenters. The molecule has 244 valence electrons. The molecule has 0 aromatic carbocycles. The van der Waals surface area contributed by atoms with Crippen LogP contribution in [0.2, 0.25) is 0 Å². The molecule has 17 nitrogen and oxygen atoms in total. The van der Waals surface area contributed by atoms with Gasteiger partial charge in [0.15, 0.2) is 0 Å². The molecule has 0 heterocycles. The van der Waals surface area contributed by atoms with Crippen molar-refractivity contribution in [3.8, 4) is 0 Å². The fraction of sp³-hybridized carbons (Fsp3) is 0.680. The zero-order valence-corrected chi connectivity index (χ0v) is 25.6. The highest BCUT2D eigenvalue weighted by atomic mass is 32.1. The zero-order valence-electron chi connectivity index (χ0n) is 24.7. The summed E-state index contributed by atoms with van der Waals surface area (Å²) in [5.41, 5.74) is 5.64. The van der Waals surface area contributed by atoms with Gasteiger partial charge in [-0.3, -0.25) is 33.6 Å². The molecule has 5 amide bonds. The molecule has 0 aromatic heterocycles. The van der Waals surface area contributed by atoms with Crippen molar-refractivity contribution >= 4 is 60.1 Å². The van der Waals surface area contributed by atoms with E-state index >= 15 is 0 Å². The first-order valence-corrected chi connectivity index (χ1v) is 13.9. The molecule has 9 N–H and O–H groups in total. The Kier molecular flexibility index (Phi) is 16.9. The number of hydrogen-bond acceptors (Lipinski definition) is 10. The van der Waals surface area contributed by atoms with E-state index in [1.807, 2.05) is 0 Å². The number of carbonyl (C=O) groups is 8. The molecule has 18 heteroatoms. The maximum absolute atomic E-state index is 13.2. The molecule has 0 aliphatic heterocycles. The number of nitrogens with one attached hydrogen (secondary N) is 4. The van der Waals surface area contributed by atoms with E-state index < -0.39 is 109 Å². The molecule has 0 saturated heterocycles. The molecule has 0 aliphatic rings. The van der Waals surface area contributed by atoms with E-state index in [1.54, 1.807) is 27.7 Å². The van der Waals surface area contributed by atoms with Gasteiger partial charge in [0.2, 0.25) is 29.5 Å². The Morgan fingerprint density at radius 2 is 1.28 bits per heavy atom. The van der Waals surface area contributed by atoms with Crippen molar-refractivity contribution in [2.75, 3.05) is 19.3 Å². The Hall–Kier alpha value is -3.93. The fourth-order valence-electron chi connectivity index (χ4n) is 3.57. The van der Waals surface area contributed by atoms with Crippen LogP contribution in [0.5, 0.6) is 0 Å². The highest BCUT2D eigenvalue weighted by molar-refractivity contribution is 7.80. The minimum Gasteiger partial charge on any atom is -0.481 e. The first-order valence-electron chi connectivity index (χ1n) is 13.3. The van der Waals surface area contributed by atoms with E-state index in [9.17, 15) is 43.5 Å². The van der Waals surface area contributed by atoms with Gasteiger partial charge in [0, 0.05) is 19.2 Å². The maximum atomic E-state index is 13.2. The van der Waals surface area contributed by atoms with E-state index in [0.29, 0.717) is 0 Å². The maximum Gasteiger partial charge on any atom is 0.327 e. The summed E-state index contributed by atoms with van der Waals surface area (Å²) in [6.45, 7) is 5.85. The normalized spacial score (nSPS) is 14.4. The average Bonchev–Trinajstić information content (AvgIpc) is 2.89. The molecule has 0 saturated carbocycles. The number of aliphatic carboxylic acids is 3. The number of rotatable bonds is 19. The first-order chi connectivity index (χ1) is 19.8. The van der Waals surface area contributed by atoms with Crippen LogP contribution in [0.3, 0.4) is 0 Å². The Bertz CT molecular complexity index is 1050. The van der Waals surface area contributed by atoms with Gasteiger partial charge in [-0.05, 0) is 18.3 Å². The Labute approximate surface area is 254 Å². The summed E-state index contributed by atoms with van der Waals surface area (Å²) >= 11 is 3.86. The largest absolute Gasteiger partial charge is 0.481 e. The molecule has 5 atom stereocenters. The van der Waals surface area contributed by atoms with Gasteiger partial charge in [-0.1, -0.05) is 27.7 Å². The monoisotopic (exact) mass is 634 g/mol. The Morgan fingerprint density at radius 1 is 0.744 bits per heavy atom. The Balaban J connectivity index is 5.67. The van der Waals surface area contributed by atoms with Crippen LogP contribution in [-0.2, 0) is 38.4 Å². The molecule has 43 heavy (non-hydrogen) atoms. The summed E-state index contributed by atoms with van der Waals surface area (Å²) in [6.07, 6.45) is -1.57. The summed E-state index contributed by atoms with van der Waals surface area (Å²) in [5.74, 6) is -9.49. The van der Waals surface area contributed by atoms with Crippen LogP contribution >= 0.6 is 12.6 Å². The van der Waals surface area contributed by atoms with Crippen LogP contribution < -0.4 is 27.0 Å². The quantitative estimate of drug-likeness (QED) is 0.0661.